The molecule has 1 aromatic rings. The lowest BCUT2D eigenvalue weighted by molar-refractivity contribution is 0.585. The van der Waals surface area contributed by atoms with E-state index in [2.05, 4.69) is 13.8 Å². The summed E-state index contributed by atoms with van der Waals surface area (Å²) in [5.74, 6) is -0.710. The van der Waals surface area contributed by atoms with Gasteiger partial charge in [-0.1, -0.05) is 26.7 Å². The zero-order valence-corrected chi connectivity index (χ0v) is 10.7. The fraction of sp³-hybridized carbons (Fsp3) is 0.571. The molecule has 0 fully saturated rings. The van der Waals surface area contributed by atoms with Crippen molar-refractivity contribution in [2.24, 2.45) is 0 Å². The van der Waals surface area contributed by atoms with Gasteiger partial charge in [0.2, 0.25) is 0 Å². The maximum absolute atomic E-state index is 13.7. The Hall–Kier alpha value is -1.12. The molecule has 17 heavy (non-hydrogen) atoms. The van der Waals surface area contributed by atoms with Gasteiger partial charge in [0.25, 0.3) is 0 Å². The van der Waals surface area contributed by atoms with Gasteiger partial charge in [0.15, 0.2) is 0 Å². The molecule has 0 saturated heterocycles. The minimum atomic E-state index is -0.376. The lowest BCUT2D eigenvalue weighted by Crippen LogP contribution is -2.26. The fourth-order valence-electron chi connectivity index (χ4n) is 1.78. The molecule has 0 N–H and O–H groups in total. The number of rotatable bonds is 7. The Balaban J connectivity index is 2.82. The van der Waals surface area contributed by atoms with Crippen LogP contribution >= 0.6 is 0 Å². The number of benzene rings is 1. The number of anilines is 1. The molecular weight excluding hydrogens is 220 g/mol. The van der Waals surface area contributed by atoms with Gasteiger partial charge in [0.1, 0.15) is 11.6 Å². The summed E-state index contributed by atoms with van der Waals surface area (Å²) in [5.41, 5.74) is 0.395. The second-order valence-electron chi connectivity index (χ2n) is 4.29. The SMILES string of the molecule is CCCCN(CCCC)c1cc(F)ccc1F. The average molecular weight is 241 g/mol. The van der Waals surface area contributed by atoms with Crippen molar-refractivity contribution >= 4 is 5.69 Å². The molecule has 1 aromatic carbocycles. The zero-order valence-electron chi connectivity index (χ0n) is 10.7. The zero-order chi connectivity index (χ0) is 12.7. The van der Waals surface area contributed by atoms with Crippen molar-refractivity contribution in [1.82, 2.24) is 0 Å². The van der Waals surface area contributed by atoms with E-state index in [0.717, 1.165) is 44.8 Å². The van der Waals surface area contributed by atoms with E-state index >= 15 is 0 Å². The second kappa shape index (κ2) is 7.25. The smallest absolute Gasteiger partial charge is 0.146 e. The lowest BCUT2D eigenvalue weighted by Gasteiger charge is -2.25. The molecule has 0 aromatic heterocycles. The van der Waals surface area contributed by atoms with E-state index in [9.17, 15) is 8.78 Å². The van der Waals surface area contributed by atoms with E-state index in [1.54, 1.807) is 0 Å². The molecule has 0 unspecified atom stereocenters. The van der Waals surface area contributed by atoms with Crippen LogP contribution in [0.5, 0.6) is 0 Å². The first-order valence-corrected chi connectivity index (χ1v) is 6.39. The molecule has 96 valence electrons. The fourth-order valence-corrected chi connectivity index (χ4v) is 1.78. The van der Waals surface area contributed by atoms with Crippen molar-refractivity contribution in [1.29, 1.82) is 0 Å². The largest absolute Gasteiger partial charge is 0.369 e. The Kier molecular flexibility index (Phi) is 5.95. The van der Waals surface area contributed by atoms with E-state index < -0.39 is 0 Å². The molecule has 0 amide bonds. The summed E-state index contributed by atoms with van der Waals surface area (Å²) in [6.45, 7) is 5.77. The van der Waals surface area contributed by atoms with Crippen LogP contribution in [0.2, 0.25) is 0 Å². The molecule has 0 aliphatic heterocycles. The van der Waals surface area contributed by atoms with Crippen molar-refractivity contribution in [3.63, 3.8) is 0 Å². The minimum Gasteiger partial charge on any atom is -0.369 e. The minimum absolute atomic E-state index is 0.335. The van der Waals surface area contributed by atoms with Gasteiger partial charge in [-0.05, 0) is 25.0 Å². The van der Waals surface area contributed by atoms with Crippen LogP contribution in [0, 0.1) is 11.6 Å². The van der Waals surface area contributed by atoms with Gasteiger partial charge in [-0.15, -0.1) is 0 Å². The van der Waals surface area contributed by atoms with Crippen LogP contribution in [0.25, 0.3) is 0 Å². The van der Waals surface area contributed by atoms with Crippen molar-refractivity contribution in [2.45, 2.75) is 39.5 Å². The standard InChI is InChI=1S/C14H21F2N/c1-3-5-9-17(10-6-4-2)14-11-12(15)7-8-13(14)16/h7-8,11H,3-6,9-10H2,1-2H3. The van der Waals surface area contributed by atoms with Gasteiger partial charge in [-0.3, -0.25) is 0 Å². The Morgan fingerprint density at radius 3 is 2.12 bits per heavy atom. The van der Waals surface area contributed by atoms with Gasteiger partial charge in [0.05, 0.1) is 5.69 Å². The number of hydrogen-bond donors (Lipinski definition) is 0. The molecule has 0 spiro atoms. The molecule has 0 radical (unpaired) electrons. The highest BCUT2D eigenvalue weighted by molar-refractivity contribution is 5.47. The number of nitrogens with zero attached hydrogens (tertiary/aromatic N) is 1. The van der Waals surface area contributed by atoms with Crippen LogP contribution < -0.4 is 4.90 Å². The van der Waals surface area contributed by atoms with Gasteiger partial charge in [0, 0.05) is 19.2 Å². The number of hydrogen-bond acceptors (Lipinski definition) is 1. The van der Waals surface area contributed by atoms with E-state index in [4.69, 9.17) is 0 Å². The monoisotopic (exact) mass is 241 g/mol. The van der Waals surface area contributed by atoms with E-state index in [1.165, 1.54) is 12.1 Å². The normalized spacial score (nSPS) is 10.6. The molecule has 0 atom stereocenters. The van der Waals surface area contributed by atoms with E-state index in [0.29, 0.717) is 5.69 Å². The molecule has 1 nitrogen and oxygen atoms in total. The third-order valence-electron chi connectivity index (χ3n) is 2.81. The highest BCUT2D eigenvalue weighted by Crippen LogP contribution is 2.21. The molecular formula is C14H21F2N. The van der Waals surface area contributed by atoms with Gasteiger partial charge >= 0.3 is 0 Å². The Morgan fingerprint density at radius 1 is 1.00 bits per heavy atom. The molecule has 0 aliphatic carbocycles. The first kappa shape index (κ1) is 13.9. The van der Waals surface area contributed by atoms with Crippen molar-refractivity contribution in [3.8, 4) is 0 Å². The van der Waals surface area contributed by atoms with Crippen molar-refractivity contribution in [2.75, 3.05) is 18.0 Å². The Bertz CT molecular complexity index is 331. The third-order valence-corrected chi connectivity index (χ3v) is 2.81. The van der Waals surface area contributed by atoms with Crippen molar-refractivity contribution < 1.29 is 8.78 Å². The summed E-state index contributed by atoms with van der Waals surface area (Å²) >= 11 is 0. The summed E-state index contributed by atoms with van der Waals surface area (Å²) in [4.78, 5) is 1.95. The third kappa shape index (κ3) is 4.33. The second-order valence-corrected chi connectivity index (χ2v) is 4.29. The van der Waals surface area contributed by atoms with Gasteiger partial charge in [-0.25, -0.2) is 8.78 Å². The Labute approximate surface area is 102 Å². The first-order chi connectivity index (χ1) is 8.19. The average Bonchev–Trinajstić information content (AvgIpc) is 2.33. The van der Waals surface area contributed by atoms with Crippen LogP contribution in [0.1, 0.15) is 39.5 Å². The highest BCUT2D eigenvalue weighted by Gasteiger charge is 2.11. The molecule has 3 heteroatoms. The van der Waals surface area contributed by atoms with Crippen LogP contribution in [0.15, 0.2) is 18.2 Å². The van der Waals surface area contributed by atoms with Gasteiger partial charge < -0.3 is 4.90 Å². The van der Waals surface area contributed by atoms with Crippen LogP contribution in [-0.2, 0) is 0 Å². The molecule has 0 saturated carbocycles. The maximum Gasteiger partial charge on any atom is 0.146 e. The van der Waals surface area contributed by atoms with Crippen LogP contribution in [0.4, 0.5) is 14.5 Å². The van der Waals surface area contributed by atoms with Crippen LogP contribution in [0.3, 0.4) is 0 Å². The highest BCUT2D eigenvalue weighted by atomic mass is 19.1. The predicted molar refractivity (Wildman–Crippen MR) is 68.4 cm³/mol. The summed E-state index contributed by atoms with van der Waals surface area (Å²) in [7, 11) is 0. The Morgan fingerprint density at radius 2 is 1.59 bits per heavy atom. The first-order valence-electron chi connectivity index (χ1n) is 6.39. The number of halogens is 2. The predicted octanol–water partition coefficient (Wildman–Crippen LogP) is 4.37. The summed E-state index contributed by atoms with van der Waals surface area (Å²) in [6, 6.07) is 3.66. The van der Waals surface area contributed by atoms with Gasteiger partial charge in [-0.2, -0.15) is 0 Å². The van der Waals surface area contributed by atoms with Crippen LogP contribution in [-0.4, -0.2) is 13.1 Å². The van der Waals surface area contributed by atoms with E-state index in [-0.39, 0.29) is 11.6 Å². The topological polar surface area (TPSA) is 3.24 Å². The molecule has 0 heterocycles. The lowest BCUT2D eigenvalue weighted by atomic mass is 10.2. The maximum atomic E-state index is 13.7. The summed E-state index contributed by atoms with van der Waals surface area (Å²) in [6.07, 6.45) is 4.11. The van der Waals surface area contributed by atoms with E-state index in [1.807, 2.05) is 4.90 Å². The summed E-state index contributed by atoms with van der Waals surface area (Å²) < 4.78 is 26.8. The molecule has 0 bridgehead atoms. The summed E-state index contributed by atoms with van der Waals surface area (Å²) in [5, 5.41) is 0. The number of unbranched alkanes of at least 4 members (excludes halogenated alkanes) is 2. The van der Waals surface area contributed by atoms with Crippen molar-refractivity contribution in [3.05, 3.63) is 29.8 Å². The molecule has 0 aliphatic rings. The quantitative estimate of drug-likeness (QED) is 0.685. The molecule has 1 rings (SSSR count).